The predicted octanol–water partition coefficient (Wildman–Crippen LogP) is 18.8. The van der Waals surface area contributed by atoms with E-state index in [1.165, 1.54) is 55.6 Å². The molecule has 382 valence electrons. The van der Waals surface area contributed by atoms with E-state index in [2.05, 4.69) is 298 Å². The van der Waals surface area contributed by atoms with Crippen molar-refractivity contribution in [2.75, 3.05) is 16.5 Å². The molecule has 2 aromatic heterocycles. The van der Waals surface area contributed by atoms with Crippen LogP contribution in [0.4, 0.5) is 22.7 Å². The Morgan fingerprint density at radius 3 is 1.43 bits per heavy atom. The number of hydrogen-bond acceptors (Lipinski definition) is 4. The SMILES string of the molecule is CC(C)(C)c1ccnc(-n2c3cc(Oc4cccc(N5CN(c6cc(C(C)(C)c7ccccc7)cc(C(C)(C)c7ccccc7)c6)c6cc(C(C)(C)c7ccccc7)ccc65)c4)ccc3c3ccc(C(C)(C)C)cc32)c1. The van der Waals surface area contributed by atoms with Gasteiger partial charge in [0.25, 0.3) is 0 Å². The lowest BCUT2D eigenvalue weighted by molar-refractivity contribution is 0.483. The number of aromatic nitrogens is 2. The van der Waals surface area contributed by atoms with Crippen LogP contribution in [0.5, 0.6) is 11.5 Å². The molecule has 0 spiro atoms. The third kappa shape index (κ3) is 9.14. The van der Waals surface area contributed by atoms with Gasteiger partial charge in [-0.15, -0.1) is 0 Å². The summed E-state index contributed by atoms with van der Waals surface area (Å²) in [5.74, 6) is 2.43. The zero-order valence-corrected chi connectivity index (χ0v) is 46.5. The van der Waals surface area contributed by atoms with Crippen LogP contribution in [0.15, 0.2) is 206 Å². The van der Waals surface area contributed by atoms with Crippen LogP contribution >= 0.6 is 0 Å². The van der Waals surface area contributed by atoms with Crippen LogP contribution in [0.2, 0.25) is 0 Å². The normalized spacial score (nSPS) is 13.4. The maximum atomic E-state index is 6.96. The van der Waals surface area contributed by atoms with Gasteiger partial charge >= 0.3 is 0 Å². The molecule has 8 aromatic carbocycles. The number of nitrogens with zero attached hydrogens (tertiary/aromatic N) is 4. The van der Waals surface area contributed by atoms with Crippen LogP contribution in [-0.2, 0) is 27.1 Å². The highest BCUT2D eigenvalue weighted by molar-refractivity contribution is 6.09. The fourth-order valence-corrected chi connectivity index (χ4v) is 11.3. The van der Waals surface area contributed by atoms with Crippen LogP contribution < -0.4 is 14.5 Å². The quantitative estimate of drug-likeness (QED) is 0.129. The Kier molecular flexibility index (Phi) is 12.4. The van der Waals surface area contributed by atoms with Crippen LogP contribution in [-0.4, -0.2) is 16.2 Å². The summed E-state index contributed by atoms with van der Waals surface area (Å²) < 4.78 is 9.28. The highest BCUT2D eigenvalue weighted by atomic mass is 16.5. The van der Waals surface area contributed by atoms with Gasteiger partial charge in [-0.05, 0) is 122 Å². The van der Waals surface area contributed by atoms with Crippen molar-refractivity contribution in [3.05, 3.63) is 251 Å². The van der Waals surface area contributed by atoms with Crippen molar-refractivity contribution >= 4 is 44.6 Å². The van der Waals surface area contributed by atoms with Gasteiger partial charge in [0.15, 0.2) is 0 Å². The van der Waals surface area contributed by atoms with E-state index in [-0.39, 0.29) is 27.1 Å². The molecule has 0 radical (unpaired) electrons. The summed E-state index contributed by atoms with van der Waals surface area (Å²) in [6.45, 7) is 28.3. The number of ether oxygens (including phenoxy) is 1. The summed E-state index contributed by atoms with van der Waals surface area (Å²) in [7, 11) is 0. The molecule has 5 heteroatoms. The van der Waals surface area contributed by atoms with Crippen molar-refractivity contribution in [2.24, 2.45) is 0 Å². The molecule has 3 heterocycles. The number of anilines is 4. The average molecular weight is 997 g/mol. The molecule has 76 heavy (non-hydrogen) atoms. The van der Waals surface area contributed by atoms with E-state index in [9.17, 15) is 0 Å². The van der Waals surface area contributed by atoms with Gasteiger partial charge in [0.05, 0.1) is 22.4 Å². The van der Waals surface area contributed by atoms with Crippen LogP contribution in [0.3, 0.4) is 0 Å². The summed E-state index contributed by atoms with van der Waals surface area (Å²) in [5.41, 5.74) is 16.0. The van der Waals surface area contributed by atoms with Gasteiger partial charge in [0.2, 0.25) is 0 Å². The van der Waals surface area contributed by atoms with Crippen molar-refractivity contribution in [3.63, 3.8) is 0 Å². The maximum Gasteiger partial charge on any atom is 0.137 e. The highest BCUT2D eigenvalue weighted by Gasteiger charge is 2.35. The van der Waals surface area contributed by atoms with Crippen LogP contribution in [0.1, 0.15) is 128 Å². The van der Waals surface area contributed by atoms with Gasteiger partial charge in [-0.3, -0.25) is 4.57 Å². The molecule has 0 saturated heterocycles. The second-order valence-corrected chi connectivity index (χ2v) is 24.7. The number of benzene rings is 8. The first-order valence-electron chi connectivity index (χ1n) is 27.0. The standard InChI is InChI=1S/C71H72N4O/c1-67(2,3)51-31-34-60-61-35-33-59(46-64(61)75(63(60)42-51)66-44-52(37-38-72-66)68(4,5)6)76-58-30-22-29-56(45-58)73-47-74(65-43-53(32-36-62(65)73)69(7,8)48-23-16-13-17-24-48)57-40-54(70(9,10)49-25-18-14-19-26-49)39-55(41-57)71(11,12)50-27-20-15-21-28-50/h13-46H,47H2,1-12H3. The van der Waals surface area contributed by atoms with Gasteiger partial charge < -0.3 is 14.5 Å². The van der Waals surface area contributed by atoms with Gasteiger partial charge in [0.1, 0.15) is 24.0 Å². The van der Waals surface area contributed by atoms with Gasteiger partial charge in [0, 0.05) is 56.7 Å². The minimum Gasteiger partial charge on any atom is -0.457 e. The molecular weight excluding hydrogens is 925 g/mol. The molecular formula is C71H72N4O. The van der Waals surface area contributed by atoms with E-state index >= 15 is 0 Å². The summed E-state index contributed by atoms with van der Waals surface area (Å²) in [4.78, 5) is 9.99. The first kappa shape index (κ1) is 50.3. The molecule has 0 N–H and O–H groups in total. The highest BCUT2D eigenvalue weighted by Crippen LogP contribution is 2.50. The monoisotopic (exact) mass is 997 g/mol. The summed E-state index contributed by atoms with van der Waals surface area (Å²) >= 11 is 0. The lowest BCUT2D eigenvalue weighted by Gasteiger charge is -2.33. The Bertz CT molecular complexity index is 3690. The maximum absolute atomic E-state index is 6.96. The minimum absolute atomic E-state index is 0.0189. The predicted molar refractivity (Wildman–Crippen MR) is 320 cm³/mol. The van der Waals surface area contributed by atoms with Gasteiger partial charge in [-0.1, -0.05) is 204 Å². The van der Waals surface area contributed by atoms with Crippen molar-refractivity contribution in [1.29, 1.82) is 0 Å². The van der Waals surface area contributed by atoms with Crippen LogP contribution in [0.25, 0.3) is 27.6 Å². The van der Waals surface area contributed by atoms with Crippen molar-refractivity contribution in [1.82, 2.24) is 9.55 Å². The summed E-state index contributed by atoms with van der Waals surface area (Å²) in [5, 5.41) is 2.35. The van der Waals surface area contributed by atoms with Gasteiger partial charge in [-0.2, -0.15) is 0 Å². The minimum atomic E-state index is -0.274. The molecule has 0 bridgehead atoms. The molecule has 1 aliphatic rings. The van der Waals surface area contributed by atoms with E-state index in [0.29, 0.717) is 6.67 Å². The molecule has 10 aromatic rings. The second-order valence-electron chi connectivity index (χ2n) is 24.7. The van der Waals surface area contributed by atoms with E-state index in [1.807, 2.05) is 6.20 Å². The third-order valence-corrected chi connectivity index (χ3v) is 16.5. The molecule has 0 amide bonds. The molecule has 0 fully saturated rings. The van der Waals surface area contributed by atoms with E-state index in [1.54, 1.807) is 0 Å². The number of hydrogen-bond donors (Lipinski definition) is 0. The molecule has 1 aliphatic heterocycles. The zero-order chi connectivity index (χ0) is 53.4. The van der Waals surface area contributed by atoms with E-state index in [4.69, 9.17) is 9.72 Å². The summed E-state index contributed by atoms with van der Waals surface area (Å²) in [6, 6.07) is 73.6. The van der Waals surface area contributed by atoms with Crippen LogP contribution in [0, 0.1) is 0 Å². The zero-order valence-electron chi connectivity index (χ0n) is 46.5. The van der Waals surface area contributed by atoms with Gasteiger partial charge in [-0.25, -0.2) is 4.98 Å². The Balaban J connectivity index is 1.03. The first-order chi connectivity index (χ1) is 36.2. The number of pyridine rings is 1. The first-order valence-corrected chi connectivity index (χ1v) is 27.0. The fourth-order valence-electron chi connectivity index (χ4n) is 11.3. The van der Waals surface area contributed by atoms with Crippen molar-refractivity contribution < 1.29 is 4.74 Å². The molecule has 0 aliphatic carbocycles. The number of rotatable bonds is 11. The van der Waals surface area contributed by atoms with Crippen molar-refractivity contribution in [2.45, 2.75) is 110 Å². The lowest BCUT2D eigenvalue weighted by Crippen LogP contribution is -2.27. The second kappa shape index (κ2) is 18.7. The average Bonchev–Trinajstić information content (AvgIpc) is 3.99. The third-order valence-electron chi connectivity index (χ3n) is 16.5. The van der Waals surface area contributed by atoms with Crippen molar-refractivity contribution in [3.8, 4) is 17.3 Å². The molecule has 5 nitrogen and oxygen atoms in total. The Morgan fingerprint density at radius 1 is 0.355 bits per heavy atom. The van der Waals surface area contributed by atoms with E-state index < -0.39 is 0 Å². The summed E-state index contributed by atoms with van der Waals surface area (Å²) in [6.07, 6.45) is 1.95. The molecule has 11 rings (SSSR count). The molecule has 0 atom stereocenters. The smallest absolute Gasteiger partial charge is 0.137 e. The fraction of sp³-hybridized carbons (Fsp3) is 0.254. The largest absolute Gasteiger partial charge is 0.457 e. The molecule has 0 saturated carbocycles. The Morgan fingerprint density at radius 2 is 0.855 bits per heavy atom. The lowest BCUT2D eigenvalue weighted by atomic mass is 9.73. The Hall–Kier alpha value is -7.89. The molecule has 0 unspecified atom stereocenters. The Labute approximate surface area is 451 Å². The van der Waals surface area contributed by atoms with E-state index in [0.717, 1.165) is 50.8 Å². The number of fused-ring (bicyclic) bond motifs is 4. The topological polar surface area (TPSA) is 33.5 Å².